The molecule has 0 saturated heterocycles. The number of aryl methyl sites for hydroxylation is 1. The summed E-state index contributed by atoms with van der Waals surface area (Å²) in [6, 6.07) is 0. The molecule has 2 aromatic heterocycles. The Morgan fingerprint density at radius 1 is 1.14 bits per heavy atom. The zero-order valence-electron chi connectivity index (χ0n) is 12.8. The average molecular weight is 307 g/mol. The summed E-state index contributed by atoms with van der Waals surface area (Å²) in [6.45, 7) is 3.20. The van der Waals surface area contributed by atoms with Crippen LogP contribution in [-0.4, -0.2) is 19.5 Å². The number of hydrogen-bond acceptors (Lipinski definition) is 4. The van der Waals surface area contributed by atoms with Crippen molar-refractivity contribution in [1.29, 1.82) is 0 Å². The number of aromatic amines is 1. The molecule has 2 aromatic rings. The van der Waals surface area contributed by atoms with Gasteiger partial charge in [-0.25, -0.2) is 9.97 Å². The molecule has 0 unspecified atom stereocenters. The van der Waals surface area contributed by atoms with Gasteiger partial charge in [-0.15, -0.1) is 0 Å². The van der Waals surface area contributed by atoms with E-state index in [1.165, 1.54) is 44.9 Å². The van der Waals surface area contributed by atoms with E-state index in [2.05, 4.69) is 26.4 Å². The smallest absolute Gasteiger partial charge is 0.200 e. The molecular formula is C15H25N5S. The van der Waals surface area contributed by atoms with Crippen LogP contribution in [0, 0.1) is 4.64 Å². The summed E-state index contributed by atoms with van der Waals surface area (Å²) in [6.07, 6.45) is 12.3. The first-order chi connectivity index (χ1) is 10.2. The molecule has 0 aromatic carbocycles. The summed E-state index contributed by atoms with van der Waals surface area (Å²) in [4.78, 5) is 11.4. The molecule has 0 bridgehead atoms. The van der Waals surface area contributed by atoms with E-state index < -0.39 is 0 Å². The topological polar surface area (TPSA) is 72.5 Å². The molecule has 0 spiro atoms. The molecule has 5 nitrogen and oxygen atoms in total. The first-order valence-electron chi connectivity index (χ1n) is 7.93. The van der Waals surface area contributed by atoms with E-state index in [0.29, 0.717) is 10.6 Å². The fraction of sp³-hybridized carbons (Fsp3) is 0.667. The fourth-order valence-electron chi connectivity index (χ4n) is 2.57. The summed E-state index contributed by atoms with van der Waals surface area (Å²) in [5.41, 5.74) is 7.33. The van der Waals surface area contributed by atoms with Crippen molar-refractivity contribution in [2.45, 2.75) is 64.8 Å². The molecule has 2 rings (SSSR count). The lowest BCUT2D eigenvalue weighted by Crippen LogP contribution is -2.01. The molecule has 0 fully saturated rings. The Kier molecular flexibility index (Phi) is 6.17. The highest BCUT2D eigenvalue weighted by Gasteiger charge is 2.06. The number of hydrogen-bond donors (Lipinski definition) is 2. The standard InChI is InChI=1S/C15H25N5S/c1-2-3-4-5-6-7-8-9-10-20-11-17-12-13(20)18-15(16)19-14(12)21/h11H,2-10H2,1H3,(H3,16,18,19,21). The van der Waals surface area contributed by atoms with Crippen LogP contribution < -0.4 is 5.73 Å². The number of anilines is 1. The number of fused-ring (bicyclic) bond motifs is 1. The molecule has 0 radical (unpaired) electrons. The molecule has 0 aliphatic rings. The van der Waals surface area contributed by atoms with Gasteiger partial charge in [-0.3, -0.25) is 0 Å². The SMILES string of the molecule is CCCCCCCCCCn1cnc2c(=S)nc(N)[nH]c21. The second-order valence-electron chi connectivity index (χ2n) is 5.54. The van der Waals surface area contributed by atoms with Crippen LogP contribution in [0.15, 0.2) is 6.33 Å². The van der Waals surface area contributed by atoms with Gasteiger partial charge in [0.2, 0.25) is 0 Å². The van der Waals surface area contributed by atoms with Gasteiger partial charge in [0.15, 0.2) is 10.6 Å². The van der Waals surface area contributed by atoms with Crippen LogP contribution in [0.5, 0.6) is 0 Å². The van der Waals surface area contributed by atoms with Crippen LogP contribution in [-0.2, 0) is 6.54 Å². The Balaban J connectivity index is 1.78. The molecule has 0 atom stereocenters. The highest BCUT2D eigenvalue weighted by molar-refractivity contribution is 7.71. The number of nitrogens with two attached hydrogens (primary N) is 1. The van der Waals surface area contributed by atoms with Crippen molar-refractivity contribution in [3.63, 3.8) is 0 Å². The van der Waals surface area contributed by atoms with Crippen molar-refractivity contribution in [3.05, 3.63) is 11.0 Å². The van der Waals surface area contributed by atoms with Gasteiger partial charge in [0.1, 0.15) is 11.2 Å². The highest BCUT2D eigenvalue weighted by atomic mass is 32.1. The zero-order valence-corrected chi connectivity index (χ0v) is 13.6. The molecule has 2 heterocycles. The molecule has 0 aliphatic heterocycles. The molecule has 0 aliphatic carbocycles. The number of nitrogens with one attached hydrogen (secondary N) is 1. The van der Waals surface area contributed by atoms with Crippen molar-refractivity contribution in [2.24, 2.45) is 0 Å². The van der Waals surface area contributed by atoms with Crippen LogP contribution in [0.2, 0.25) is 0 Å². The van der Waals surface area contributed by atoms with E-state index in [1.807, 2.05) is 6.33 Å². The Morgan fingerprint density at radius 2 is 1.81 bits per heavy atom. The van der Waals surface area contributed by atoms with Gasteiger partial charge in [-0.05, 0) is 6.42 Å². The lowest BCUT2D eigenvalue weighted by atomic mass is 10.1. The Bertz CT molecular complexity index is 616. The second-order valence-corrected chi connectivity index (χ2v) is 5.92. The van der Waals surface area contributed by atoms with Crippen LogP contribution in [0.1, 0.15) is 58.3 Å². The normalized spacial score (nSPS) is 11.3. The van der Waals surface area contributed by atoms with Gasteiger partial charge in [0.05, 0.1) is 6.33 Å². The minimum Gasteiger partial charge on any atom is -0.369 e. The lowest BCUT2D eigenvalue weighted by molar-refractivity contribution is 0.547. The molecule has 6 heteroatoms. The highest BCUT2D eigenvalue weighted by Crippen LogP contribution is 2.14. The number of H-pyrrole nitrogens is 1. The van der Waals surface area contributed by atoms with Crippen molar-refractivity contribution >= 4 is 29.3 Å². The van der Waals surface area contributed by atoms with E-state index in [1.54, 1.807) is 0 Å². The Labute approximate surface area is 131 Å². The number of nitrogen functional groups attached to an aromatic ring is 1. The van der Waals surface area contributed by atoms with Gasteiger partial charge in [0, 0.05) is 6.54 Å². The maximum absolute atomic E-state index is 5.71. The predicted octanol–water partition coefficient (Wildman–Crippen LogP) is 4.21. The average Bonchev–Trinajstić information content (AvgIpc) is 2.85. The lowest BCUT2D eigenvalue weighted by Gasteiger charge is -2.05. The van der Waals surface area contributed by atoms with Crippen LogP contribution >= 0.6 is 12.2 Å². The van der Waals surface area contributed by atoms with Gasteiger partial charge < -0.3 is 15.3 Å². The Hall–Kier alpha value is -1.43. The molecule has 0 amide bonds. The molecule has 0 saturated carbocycles. The zero-order chi connectivity index (χ0) is 15.1. The number of unbranched alkanes of at least 4 members (excludes halogenated alkanes) is 7. The maximum atomic E-state index is 5.71. The molecule has 3 N–H and O–H groups in total. The summed E-state index contributed by atoms with van der Waals surface area (Å²) in [5.74, 6) is 0.352. The Morgan fingerprint density at radius 3 is 2.52 bits per heavy atom. The quantitative estimate of drug-likeness (QED) is 0.537. The second kappa shape index (κ2) is 8.12. The van der Waals surface area contributed by atoms with Gasteiger partial charge >= 0.3 is 0 Å². The van der Waals surface area contributed by atoms with Crippen LogP contribution in [0.25, 0.3) is 11.2 Å². The van der Waals surface area contributed by atoms with E-state index in [4.69, 9.17) is 18.0 Å². The fourth-order valence-corrected chi connectivity index (χ4v) is 2.81. The third kappa shape index (κ3) is 4.52. The van der Waals surface area contributed by atoms with Gasteiger partial charge in [0.25, 0.3) is 0 Å². The number of aromatic nitrogens is 4. The van der Waals surface area contributed by atoms with Crippen molar-refractivity contribution in [2.75, 3.05) is 5.73 Å². The number of nitrogens with zero attached hydrogens (tertiary/aromatic N) is 3. The predicted molar refractivity (Wildman–Crippen MR) is 89.7 cm³/mol. The maximum Gasteiger partial charge on any atom is 0.200 e. The summed E-state index contributed by atoms with van der Waals surface area (Å²) in [7, 11) is 0. The summed E-state index contributed by atoms with van der Waals surface area (Å²) in [5, 5.41) is 0. The van der Waals surface area contributed by atoms with Crippen LogP contribution in [0.3, 0.4) is 0 Å². The van der Waals surface area contributed by atoms with Gasteiger partial charge in [-0.1, -0.05) is 64.1 Å². The number of rotatable bonds is 9. The number of imidazole rings is 1. The molecular weight excluding hydrogens is 282 g/mol. The first-order valence-corrected chi connectivity index (χ1v) is 8.34. The molecule has 116 valence electrons. The van der Waals surface area contributed by atoms with Crippen molar-refractivity contribution in [3.8, 4) is 0 Å². The van der Waals surface area contributed by atoms with E-state index in [9.17, 15) is 0 Å². The van der Waals surface area contributed by atoms with E-state index in [-0.39, 0.29) is 0 Å². The largest absolute Gasteiger partial charge is 0.369 e. The monoisotopic (exact) mass is 307 g/mol. The summed E-state index contributed by atoms with van der Waals surface area (Å²) >= 11 is 5.17. The van der Waals surface area contributed by atoms with Gasteiger partial charge in [-0.2, -0.15) is 0 Å². The van der Waals surface area contributed by atoms with Crippen LogP contribution in [0.4, 0.5) is 5.95 Å². The summed E-state index contributed by atoms with van der Waals surface area (Å²) < 4.78 is 2.55. The molecule has 21 heavy (non-hydrogen) atoms. The van der Waals surface area contributed by atoms with E-state index in [0.717, 1.165) is 24.1 Å². The third-order valence-electron chi connectivity index (χ3n) is 3.76. The first kappa shape index (κ1) is 15.9. The van der Waals surface area contributed by atoms with E-state index >= 15 is 0 Å². The third-order valence-corrected chi connectivity index (χ3v) is 4.05. The minimum atomic E-state index is 0.352. The van der Waals surface area contributed by atoms with Crippen molar-refractivity contribution in [1.82, 2.24) is 19.5 Å². The van der Waals surface area contributed by atoms with Crippen molar-refractivity contribution < 1.29 is 0 Å². The minimum absolute atomic E-state index is 0.352.